The average molecular weight is 339 g/mol. The Morgan fingerprint density at radius 3 is 3.00 bits per heavy atom. The smallest absolute Gasteiger partial charge is 0.220 e. The number of aryl methyl sites for hydroxylation is 2. The molecule has 0 spiro atoms. The van der Waals surface area contributed by atoms with Crippen LogP contribution in [0.5, 0.6) is 0 Å². The molecule has 0 radical (unpaired) electrons. The number of piperidine rings is 1. The van der Waals surface area contributed by atoms with E-state index in [-0.39, 0.29) is 5.91 Å². The van der Waals surface area contributed by atoms with Crippen molar-refractivity contribution in [2.24, 2.45) is 0 Å². The zero-order valence-corrected chi connectivity index (χ0v) is 14.7. The van der Waals surface area contributed by atoms with Gasteiger partial charge in [-0.3, -0.25) is 9.78 Å². The summed E-state index contributed by atoms with van der Waals surface area (Å²) < 4.78 is 0. The van der Waals surface area contributed by atoms with E-state index in [2.05, 4.69) is 31.7 Å². The van der Waals surface area contributed by atoms with Crippen molar-refractivity contribution in [3.8, 4) is 0 Å². The molecule has 0 saturated carbocycles. The second kappa shape index (κ2) is 8.67. The lowest BCUT2D eigenvalue weighted by Gasteiger charge is -2.22. The van der Waals surface area contributed by atoms with Crippen LogP contribution in [0.3, 0.4) is 0 Å². The molecule has 2 aromatic heterocycles. The van der Waals surface area contributed by atoms with Crippen LogP contribution in [0.15, 0.2) is 30.5 Å². The summed E-state index contributed by atoms with van der Waals surface area (Å²) in [6.45, 7) is 4.44. The molecule has 0 bridgehead atoms. The molecule has 0 unspecified atom stereocenters. The average Bonchev–Trinajstić information content (AvgIpc) is 2.66. The predicted molar refractivity (Wildman–Crippen MR) is 96.0 cm³/mol. The zero-order chi connectivity index (χ0) is 17.5. The largest absolute Gasteiger partial charge is 0.350 e. The lowest BCUT2D eigenvalue weighted by atomic mass is 9.95. The highest BCUT2D eigenvalue weighted by molar-refractivity contribution is 5.76. The molecule has 1 aliphatic rings. The van der Waals surface area contributed by atoms with Gasteiger partial charge in [0.15, 0.2) is 0 Å². The maximum Gasteiger partial charge on any atom is 0.220 e. The lowest BCUT2D eigenvalue weighted by molar-refractivity contribution is -0.121. The highest BCUT2D eigenvalue weighted by Crippen LogP contribution is 2.22. The summed E-state index contributed by atoms with van der Waals surface area (Å²) in [6.07, 6.45) is 5.12. The minimum Gasteiger partial charge on any atom is -0.350 e. The molecule has 132 valence electrons. The van der Waals surface area contributed by atoms with Crippen molar-refractivity contribution in [3.05, 3.63) is 53.4 Å². The minimum atomic E-state index is 0.0165. The van der Waals surface area contributed by atoms with E-state index in [1.807, 2.05) is 25.1 Å². The Labute approximate surface area is 148 Å². The van der Waals surface area contributed by atoms with E-state index in [9.17, 15) is 4.79 Å². The molecule has 25 heavy (non-hydrogen) atoms. The number of rotatable bonds is 6. The van der Waals surface area contributed by atoms with Crippen LogP contribution in [0.25, 0.3) is 0 Å². The summed E-state index contributed by atoms with van der Waals surface area (Å²) in [6, 6.07) is 7.75. The first-order valence-corrected chi connectivity index (χ1v) is 8.92. The van der Waals surface area contributed by atoms with Gasteiger partial charge in [0.05, 0.1) is 12.2 Å². The van der Waals surface area contributed by atoms with Crippen molar-refractivity contribution in [1.82, 2.24) is 25.6 Å². The molecule has 3 heterocycles. The molecular weight excluding hydrogens is 314 g/mol. The Kier molecular flexibility index (Phi) is 6.06. The molecule has 1 aliphatic heterocycles. The fraction of sp³-hybridized carbons (Fsp3) is 0.474. The second-order valence-electron chi connectivity index (χ2n) is 6.47. The van der Waals surface area contributed by atoms with Crippen LogP contribution in [-0.2, 0) is 17.8 Å². The van der Waals surface area contributed by atoms with Gasteiger partial charge in [0.1, 0.15) is 5.82 Å². The van der Waals surface area contributed by atoms with Crippen molar-refractivity contribution in [1.29, 1.82) is 0 Å². The Bertz CT molecular complexity index is 698. The molecule has 0 aliphatic carbocycles. The van der Waals surface area contributed by atoms with Gasteiger partial charge >= 0.3 is 0 Å². The number of hydrogen-bond donors (Lipinski definition) is 2. The van der Waals surface area contributed by atoms with Crippen molar-refractivity contribution < 1.29 is 4.79 Å². The van der Waals surface area contributed by atoms with Gasteiger partial charge in [-0.15, -0.1) is 0 Å². The van der Waals surface area contributed by atoms with Gasteiger partial charge in [-0.25, -0.2) is 9.97 Å². The third kappa shape index (κ3) is 5.32. The van der Waals surface area contributed by atoms with Crippen molar-refractivity contribution >= 4 is 5.91 Å². The van der Waals surface area contributed by atoms with E-state index < -0.39 is 0 Å². The van der Waals surface area contributed by atoms with E-state index in [1.165, 1.54) is 6.42 Å². The van der Waals surface area contributed by atoms with Crippen LogP contribution in [0.2, 0.25) is 0 Å². The molecule has 1 saturated heterocycles. The summed E-state index contributed by atoms with van der Waals surface area (Å²) in [5.41, 5.74) is 2.91. The monoisotopic (exact) mass is 339 g/mol. The molecule has 1 fully saturated rings. The van der Waals surface area contributed by atoms with Crippen LogP contribution in [0.4, 0.5) is 0 Å². The highest BCUT2D eigenvalue weighted by Gasteiger charge is 2.18. The van der Waals surface area contributed by atoms with Gasteiger partial charge in [0, 0.05) is 36.5 Å². The zero-order valence-electron chi connectivity index (χ0n) is 14.7. The fourth-order valence-corrected chi connectivity index (χ4v) is 3.12. The third-order valence-electron chi connectivity index (χ3n) is 4.43. The number of pyridine rings is 1. The van der Waals surface area contributed by atoms with Crippen molar-refractivity contribution in [3.63, 3.8) is 0 Å². The van der Waals surface area contributed by atoms with Crippen molar-refractivity contribution in [2.75, 3.05) is 13.1 Å². The molecule has 1 atom stereocenters. The summed E-state index contributed by atoms with van der Waals surface area (Å²) >= 11 is 0. The van der Waals surface area contributed by atoms with E-state index in [0.717, 1.165) is 42.4 Å². The lowest BCUT2D eigenvalue weighted by Crippen LogP contribution is -2.29. The number of carbonyl (C=O) groups excluding carboxylic acids is 1. The quantitative estimate of drug-likeness (QED) is 0.840. The minimum absolute atomic E-state index is 0.0165. The SMILES string of the molecule is Cc1nc(CCC(=O)NCc2ccccn2)cc([C@@H]2CCCNC2)n1. The van der Waals surface area contributed by atoms with Gasteiger partial charge in [-0.1, -0.05) is 6.07 Å². The summed E-state index contributed by atoms with van der Waals surface area (Å²) in [4.78, 5) is 25.4. The number of aromatic nitrogens is 3. The van der Waals surface area contributed by atoms with Gasteiger partial charge in [0.25, 0.3) is 0 Å². The maximum absolute atomic E-state index is 12.1. The normalized spacial score (nSPS) is 17.2. The fourth-order valence-electron chi connectivity index (χ4n) is 3.12. The molecule has 0 aromatic carbocycles. The number of carbonyl (C=O) groups is 1. The van der Waals surface area contributed by atoms with E-state index in [4.69, 9.17) is 0 Å². The first kappa shape index (κ1) is 17.5. The van der Waals surface area contributed by atoms with Crippen LogP contribution < -0.4 is 10.6 Å². The van der Waals surface area contributed by atoms with E-state index >= 15 is 0 Å². The van der Waals surface area contributed by atoms with Crippen LogP contribution in [0, 0.1) is 6.92 Å². The number of hydrogen-bond acceptors (Lipinski definition) is 5. The maximum atomic E-state index is 12.1. The van der Waals surface area contributed by atoms with Gasteiger partial charge in [0.2, 0.25) is 5.91 Å². The standard InChI is InChI=1S/C19H25N5O/c1-14-23-16(11-18(24-14)15-5-4-9-20-12-15)7-8-19(25)22-13-17-6-2-3-10-21-17/h2-3,6,10-11,15,20H,4-5,7-9,12-13H2,1H3,(H,22,25)/t15-/m1/s1. The first-order valence-electron chi connectivity index (χ1n) is 8.92. The molecule has 3 rings (SSSR count). The van der Waals surface area contributed by atoms with Gasteiger partial charge < -0.3 is 10.6 Å². The van der Waals surface area contributed by atoms with Crippen LogP contribution in [-0.4, -0.2) is 33.9 Å². The van der Waals surface area contributed by atoms with E-state index in [1.54, 1.807) is 6.20 Å². The summed E-state index contributed by atoms with van der Waals surface area (Å²) in [5.74, 6) is 1.25. The molecule has 2 aromatic rings. The number of nitrogens with one attached hydrogen (secondary N) is 2. The highest BCUT2D eigenvalue weighted by atomic mass is 16.1. The Hall–Kier alpha value is -2.34. The molecule has 6 nitrogen and oxygen atoms in total. The predicted octanol–water partition coefficient (Wildman–Crippen LogP) is 1.90. The van der Waals surface area contributed by atoms with Gasteiger partial charge in [-0.2, -0.15) is 0 Å². The topological polar surface area (TPSA) is 79.8 Å². The molecule has 2 N–H and O–H groups in total. The second-order valence-corrected chi connectivity index (χ2v) is 6.47. The van der Waals surface area contributed by atoms with Crippen LogP contribution >= 0.6 is 0 Å². The number of amides is 1. The first-order chi connectivity index (χ1) is 12.2. The Morgan fingerprint density at radius 2 is 2.24 bits per heavy atom. The van der Waals surface area contributed by atoms with Crippen LogP contribution in [0.1, 0.15) is 48.1 Å². The molecule has 1 amide bonds. The summed E-state index contributed by atoms with van der Waals surface area (Å²) in [7, 11) is 0. The Balaban J connectivity index is 1.53. The van der Waals surface area contributed by atoms with E-state index in [0.29, 0.717) is 25.3 Å². The third-order valence-corrected chi connectivity index (χ3v) is 4.43. The van der Waals surface area contributed by atoms with Crippen molar-refractivity contribution in [2.45, 2.75) is 45.1 Å². The molecular formula is C19H25N5O. The Morgan fingerprint density at radius 1 is 1.32 bits per heavy atom. The van der Waals surface area contributed by atoms with Gasteiger partial charge in [-0.05, 0) is 50.9 Å². The summed E-state index contributed by atoms with van der Waals surface area (Å²) in [5, 5.41) is 6.33. The number of nitrogens with zero attached hydrogens (tertiary/aromatic N) is 3. The molecule has 6 heteroatoms.